The van der Waals surface area contributed by atoms with Crippen molar-refractivity contribution in [3.05, 3.63) is 29.8 Å². The number of hydrogen-bond acceptors (Lipinski definition) is 6. The Labute approximate surface area is 125 Å². The van der Waals surface area contributed by atoms with Crippen molar-refractivity contribution in [2.24, 2.45) is 5.92 Å². The average Bonchev–Trinajstić information content (AvgIpc) is 2.51. The molecular weight excluding hydrogens is 302 g/mol. The van der Waals surface area contributed by atoms with Gasteiger partial charge in [-0.2, -0.15) is 8.78 Å². The summed E-state index contributed by atoms with van der Waals surface area (Å²) in [4.78, 5) is 35.0. The van der Waals surface area contributed by atoms with Gasteiger partial charge in [-0.15, -0.1) is 0 Å². The van der Waals surface area contributed by atoms with Crippen molar-refractivity contribution >= 4 is 17.7 Å². The van der Waals surface area contributed by atoms with Crippen LogP contribution in [-0.4, -0.2) is 38.6 Å². The molecular formula is C14H14F2O6. The Hall–Kier alpha value is -2.51. The summed E-state index contributed by atoms with van der Waals surface area (Å²) in [5.74, 6) is -3.80. The van der Waals surface area contributed by atoms with Crippen LogP contribution < -0.4 is 4.74 Å². The number of Topliss-reactive ketones (excluding diaryl/α,β-unsaturated/α-hetero) is 1. The summed E-state index contributed by atoms with van der Waals surface area (Å²) in [5, 5.41) is 0. The highest BCUT2D eigenvalue weighted by molar-refractivity contribution is 6.04. The van der Waals surface area contributed by atoms with E-state index in [1.807, 2.05) is 0 Å². The number of hydrogen-bond donors (Lipinski definition) is 0. The lowest BCUT2D eigenvalue weighted by Crippen LogP contribution is -2.28. The quantitative estimate of drug-likeness (QED) is 0.434. The maximum absolute atomic E-state index is 12.0. The molecule has 0 aliphatic heterocycles. The molecule has 0 aromatic heterocycles. The van der Waals surface area contributed by atoms with E-state index in [-0.39, 0.29) is 11.3 Å². The van der Waals surface area contributed by atoms with Crippen LogP contribution in [0.2, 0.25) is 0 Å². The van der Waals surface area contributed by atoms with Gasteiger partial charge in [-0.05, 0) is 24.3 Å². The second kappa shape index (κ2) is 8.06. The predicted octanol–water partition coefficient (Wildman–Crippen LogP) is 1.82. The van der Waals surface area contributed by atoms with Crippen LogP contribution in [0.25, 0.3) is 0 Å². The first-order valence-electron chi connectivity index (χ1n) is 6.12. The van der Waals surface area contributed by atoms with E-state index in [1.54, 1.807) is 0 Å². The molecule has 0 fully saturated rings. The lowest BCUT2D eigenvalue weighted by Gasteiger charge is -2.11. The number of rotatable bonds is 7. The fourth-order valence-electron chi connectivity index (χ4n) is 1.67. The average molecular weight is 316 g/mol. The van der Waals surface area contributed by atoms with Gasteiger partial charge in [0, 0.05) is 12.0 Å². The molecule has 1 aromatic carbocycles. The first-order valence-corrected chi connectivity index (χ1v) is 6.12. The van der Waals surface area contributed by atoms with E-state index in [0.29, 0.717) is 0 Å². The zero-order valence-electron chi connectivity index (χ0n) is 11.9. The number of alkyl halides is 2. The molecule has 0 saturated carbocycles. The molecule has 0 N–H and O–H groups in total. The van der Waals surface area contributed by atoms with Crippen LogP contribution in [0.4, 0.5) is 8.78 Å². The number of ether oxygens (including phenoxy) is 3. The minimum absolute atomic E-state index is 0.107. The summed E-state index contributed by atoms with van der Waals surface area (Å²) in [6.45, 7) is -2.97. The number of methoxy groups -OCH3 is 2. The van der Waals surface area contributed by atoms with Gasteiger partial charge >= 0.3 is 18.6 Å². The Morgan fingerprint density at radius 3 is 1.91 bits per heavy atom. The Kier molecular flexibility index (Phi) is 6.43. The van der Waals surface area contributed by atoms with Crippen molar-refractivity contribution < 1.29 is 37.4 Å². The van der Waals surface area contributed by atoms with Crippen LogP contribution in [0.15, 0.2) is 24.3 Å². The fourth-order valence-corrected chi connectivity index (χ4v) is 1.67. The molecule has 1 rings (SSSR count). The largest absolute Gasteiger partial charge is 0.468 e. The molecule has 0 radical (unpaired) electrons. The molecule has 0 saturated heterocycles. The van der Waals surface area contributed by atoms with Crippen LogP contribution in [0, 0.1) is 5.92 Å². The Bertz CT molecular complexity index is 525. The fraction of sp³-hybridized carbons (Fsp3) is 0.357. The third kappa shape index (κ3) is 4.80. The van der Waals surface area contributed by atoms with E-state index in [2.05, 4.69) is 14.2 Å². The molecule has 120 valence electrons. The summed E-state index contributed by atoms with van der Waals surface area (Å²) < 4.78 is 37.1. The summed E-state index contributed by atoms with van der Waals surface area (Å²) in [6.07, 6.45) is -0.450. The minimum Gasteiger partial charge on any atom is -0.468 e. The molecule has 1 aromatic rings. The van der Waals surface area contributed by atoms with E-state index in [4.69, 9.17) is 0 Å². The molecule has 0 bridgehead atoms. The van der Waals surface area contributed by atoms with Crippen LogP contribution in [0.1, 0.15) is 16.8 Å². The molecule has 0 amide bonds. The zero-order chi connectivity index (χ0) is 16.7. The van der Waals surface area contributed by atoms with Crippen molar-refractivity contribution in [3.63, 3.8) is 0 Å². The van der Waals surface area contributed by atoms with Crippen LogP contribution in [0.5, 0.6) is 5.75 Å². The summed E-state index contributed by atoms with van der Waals surface area (Å²) in [5.41, 5.74) is 0.138. The molecule has 22 heavy (non-hydrogen) atoms. The number of halogens is 2. The van der Waals surface area contributed by atoms with E-state index in [9.17, 15) is 23.2 Å². The molecule has 0 aliphatic carbocycles. The Morgan fingerprint density at radius 2 is 1.50 bits per heavy atom. The van der Waals surface area contributed by atoms with Crippen molar-refractivity contribution in [2.75, 3.05) is 14.2 Å². The Morgan fingerprint density at radius 1 is 1.00 bits per heavy atom. The zero-order valence-corrected chi connectivity index (χ0v) is 11.9. The standard InChI is InChI=1S/C14H14F2O6/c1-20-12(18)10(13(19)21-2)7-11(17)8-3-5-9(6-4-8)22-14(15)16/h3-6,10,14H,7H2,1-2H3. The van der Waals surface area contributed by atoms with Gasteiger partial charge in [0.25, 0.3) is 0 Å². The Balaban J connectivity index is 2.81. The third-order valence-electron chi connectivity index (χ3n) is 2.76. The summed E-state index contributed by atoms with van der Waals surface area (Å²) in [6, 6.07) is 4.88. The topological polar surface area (TPSA) is 78.9 Å². The second-order valence-corrected chi connectivity index (χ2v) is 4.13. The van der Waals surface area contributed by atoms with Crippen molar-refractivity contribution in [1.82, 2.24) is 0 Å². The maximum atomic E-state index is 12.0. The molecule has 6 nitrogen and oxygen atoms in total. The second-order valence-electron chi connectivity index (χ2n) is 4.13. The van der Waals surface area contributed by atoms with E-state index >= 15 is 0 Å². The lowest BCUT2D eigenvalue weighted by atomic mass is 9.98. The van der Waals surface area contributed by atoms with Crippen molar-refractivity contribution in [2.45, 2.75) is 13.0 Å². The summed E-state index contributed by atoms with van der Waals surface area (Å²) in [7, 11) is 2.17. The van der Waals surface area contributed by atoms with Gasteiger partial charge < -0.3 is 14.2 Å². The highest BCUT2D eigenvalue weighted by Gasteiger charge is 2.31. The smallest absolute Gasteiger partial charge is 0.387 e. The molecule has 0 unspecified atom stereocenters. The molecule has 8 heteroatoms. The van der Waals surface area contributed by atoms with Gasteiger partial charge in [0.05, 0.1) is 14.2 Å². The molecule has 0 heterocycles. The molecule has 0 atom stereocenters. The number of carbonyl (C=O) groups is 3. The minimum atomic E-state index is -2.97. The van der Waals surface area contributed by atoms with Crippen LogP contribution >= 0.6 is 0 Å². The van der Waals surface area contributed by atoms with E-state index < -0.39 is 36.7 Å². The van der Waals surface area contributed by atoms with Gasteiger partial charge in [0.1, 0.15) is 5.75 Å². The van der Waals surface area contributed by atoms with Gasteiger partial charge in [-0.1, -0.05) is 0 Å². The van der Waals surface area contributed by atoms with Crippen molar-refractivity contribution in [1.29, 1.82) is 0 Å². The molecule has 0 aliphatic rings. The first-order chi connectivity index (χ1) is 10.4. The third-order valence-corrected chi connectivity index (χ3v) is 2.76. The van der Waals surface area contributed by atoms with Gasteiger partial charge in [0.2, 0.25) is 0 Å². The number of carbonyl (C=O) groups excluding carboxylic acids is 3. The maximum Gasteiger partial charge on any atom is 0.387 e. The lowest BCUT2D eigenvalue weighted by molar-refractivity contribution is -0.158. The SMILES string of the molecule is COC(=O)C(CC(=O)c1ccc(OC(F)F)cc1)C(=O)OC. The first kappa shape index (κ1) is 17.5. The monoisotopic (exact) mass is 316 g/mol. The van der Waals surface area contributed by atoms with Crippen LogP contribution in [-0.2, 0) is 19.1 Å². The highest BCUT2D eigenvalue weighted by Crippen LogP contribution is 2.18. The number of ketones is 1. The van der Waals surface area contributed by atoms with Gasteiger partial charge in [-0.3, -0.25) is 14.4 Å². The molecule has 0 spiro atoms. The van der Waals surface area contributed by atoms with Gasteiger partial charge in [-0.25, -0.2) is 0 Å². The normalized spacial score (nSPS) is 10.5. The number of benzene rings is 1. The number of esters is 2. The van der Waals surface area contributed by atoms with Crippen LogP contribution in [0.3, 0.4) is 0 Å². The predicted molar refractivity (Wildman–Crippen MR) is 69.5 cm³/mol. The van der Waals surface area contributed by atoms with E-state index in [0.717, 1.165) is 14.2 Å². The van der Waals surface area contributed by atoms with Gasteiger partial charge in [0.15, 0.2) is 11.7 Å². The van der Waals surface area contributed by atoms with Crippen molar-refractivity contribution in [3.8, 4) is 5.75 Å². The highest BCUT2D eigenvalue weighted by atomic mass is 19.3. The van der Waals surface area contributed by atoms with E-state index in [1.165, 1.54) is 24.3 Å². The summed E-state index contributed by atoms with van der Waals surface area (Å²) >= 11 is 0.